The first-order valence-corrected chi connectivity index (χ1v) is 12.4. The van der Waals surface area contributed by atoms with E-state index in [0.717, 1.165) is 33.9 Å². The van der Waals surface area contributed by atoms with Crippen LogP contribution in [0.1, 0.15) is 0 Å². The van der Waals surface area contributed by atoms with E-state index in [-0.39, 0.29) is 16.8 Å². The monoisotopic (exact) mass is 744 g/mol. The molecular formula is C24H14BBr2F6IO2. The van der Waals surface area contributed by atoms with Gasteiger partial charge in [0.15, 0.2) is 23.3 Å². The van der Waals surface area contributed by atoms with Gasteiger partial charge in [0.2, 0.25) is 0 Å². The third-order valence-electron chi connectivity index (χ3n) is 4.29. The first kappa shape index (κ1) is 30.4. The summed E-state index contributed by atoms with van der Waals surface area (Å²) >= 11 is 8.23. The Morgan fingerprint density at radius 1 is 0.583 bits per heavy atom. The Kier molecular flexibility index (Phi) is 12.0. The van der Waals surface area contributed by atoms with E-state index < -0.39 is 36.2 Å². The third kappa shape index (κ3) is 9.22. The lowest BCUT2D eigenvalue weighted by Crippen LogP contribution is -2.30. The topological polar surface area (TPSA) is 40.5 Å². The maximum atomic E-state index is 13.5. The molecule has 0 aromatic heterocycles. The largest absolute Gasteiger partial charge is 0.488 e. The molecule has 12 heteroatoms. The van der Waals surface area contributed by atoms with E-state index in [2.05, 4.69) is 54.5 Å². The highest BCUT2D eigenvalue weighted by Gasteiger charge is 2.13. The highest BCUT2D eigenvalue weighted by Crippen LogP contribution is 2.26. The molecule has 4 aromatic carbocycles. The van der Waals surface area contributed by atoms with Crippen molar-refractivity contribution in [3.05, 3.63) is 120 Å². The fourth-order valence-electron chi connectivity index (χ4n) is 2.53. The van der Waals surface area contributed by atoms with Crippen LogP contribution in [0.5, 0.6) is 0 Å². The Bertz CT molecular complexity index is 1340. The van der Waals surface area contributed by atoms with Crippen LogP contribution in [0.2, 0.25) is 0 Å². The van der Waals surface area contributed by atoms with Crippen LogP contribution >= 0.6 is 54.5 Å². The molecule has 2 N–H and O–H groups in total. The Hall–Kier alpha value is -1.87. The van der Waals surface area contributed by atoms with Crippen molar-refractivity contribution in [2.45, 2.75) is 0 Å². The molecule has 0 aliphatic heterocycles. The lowest BCUT2D eigenvalue weighted by molar-refractivity contribution is 0.425. The SMILES string of the molecule is Fc1cc(I)ccc1Br.Fc1ccc(-c2ccc(Br)cc2F)cc1F.OB(O)c1ccc(F)c(F)c1. The lowest BCUT2D eigenvalue weighted by Gasteiger charge is -2.04. The average molecular weight is 746 g/mol. The van der Waals surface area contributed by atoms with Crippen LogP contribution in [0.15, 0.2) is 81.7 Å². The number of hydrogen-bond acceptors (Lipinski definition) is 2. The van der Waals surface area contributed by atoms with Crippen molar-refractivity contribution < 1.29 is 36.4 Å². The molecule has 0 spiro atoms. The standard InChI is InChI=1S/C12H6BrF3.C6H5BF2O2.C6H3BrFI/c13-8-2-3-9(11(15)6-8)7-1-4-10(14)12(16)5-7;8-5-2-1-4(7(10)11)3-6(5)9;7-5-2-1-4(9)3-6(5)8/h1-6H;1-3,10-11H;1-3H. The van der Waals surface area contributed by atoms with Gasteiger partial charge < -0.3 is 10.0 Å². The number of halogens is 9. The zero-order valence-corrected chi connectivity index (χ0v) is 23.1. The predicted octanol–water partition coefficient (Wildman–Crippen LogP) is 7.37. The Balaban J connectivity index is 0.000000200. The molecule has 4 rings (SSSR count). The molecule has 0 saturated heterocycles. The van der Waals surface area contributed by atoms with Crippen molar-refractivity contribution in [2.24, 2.45) is 0 Å². The normalized spacial score (nSPS) is 10.1. The molecule has 4 aromatic rings. The zero-order chi connectivity index (χ0) is 27.0. The summed E-state index contributed by atoms with van der Waals surface area (Å²) in [6.45, 7) is 0. The van der Waals surface area contributed by atoms with Crippen LogP contribution < -0.4 is 5.46 Å². The smallest absolute Gasteiger partial charge is 0.423 e. The molecule has 188 valence electrons. The quantitative estimate of drug-likeness (QED) is 0.0975. The van der Waals surface area contributed by atoms with Crippen molar-refractivity contribution in [3.63, 3.8) is 0 Å². The maximum absolute atomic E-state index is 13.5. The van der Waals surface area contributed by atoms with Crippen LogP contribution in [-0.4, -0.2) is 17.2 Å². The zero-order valence-electron chi connectivity index (χ0n) is 17.8. The van der Waals surface area contributed by atoms with Crippen molar-refractivity contribution in [2.75, 3.05) is 0 Å². The van der Waals surface area contributed by atoms with E-state index in [4.69, 9.17) is 10.0 Å². The first-order chi connectivity index (χ1) is 16.9. The predicted molar refractivity (Wildman–Crippen MR) is 142 cm³/mol. The molecule has 0 fully saturated rings. The van der Waals surface area contributed by atoms with Crippen molar-refractivity contribution in [3.8, 4) is 11.1 Å². The minimum Gasteiger partial charge on any atom is -0.423 e. The molecule has 0 heterocycles. The van der Waals surface area contributed by atoms with Crippen LogP contribution in [0, 0.1) is 38.5 Å². The second-order valence-corrected chi connectivity index (χ2v) is 9.87. The summed E-state index contributed by atoms with van der Waals surface area (Å²) in [5.41, 5.74) is 0.481. The lowest BCUT2D eigenvalue weighted by atomic mass is 9.80. The van der Waals surface area contributed by atoms with Gasteiger partial charge in [-0.05, 0) is 104 Å². The van der Waals surface area contributed by atoms with E-state index in [9.17, 15) is 26.3 Å². The molecule has 0 amide bonds. The van der Waals surface area contributed by atoms with Gasteiger partial charge >= 0.3 is 7.12 Å². The maximum Gasteiger partial charge on any atom is 0.488 e. The minimum atomic E-state index is -1.76. The first-order valence-electron chi connectivity index (χ1n) is 9.71. The molecule has 36 heavy (non-hydrogen) atoms. The highest BCUT2D eigenvalue weighted by atomic mass is 127. The molecule has 0 saturated carbocycles. The van der Waals surface area contributed by atoms with Crippen molar-refractivity contribution >= 4 is 67.0 Å². The summed E-state index contributed by atoms with van der Waals surface area (Å²) in [6.07, 6.45) is 0. The number of hydrogen-bond donors (Lipinski definition) is 2. The van der Waals surface area contributed by atoms with Gasteiger partial charge in [-0.2, -0.15) is 0 Å². The van der Waals surface area contributed by atoms with Gasteiger partial charge in [-0.15, -0.1) is 0 Å². The number of rotatable bonds is 2. The van der Waals surface area contributed by atoms with Gasteiger partial charge in [-0.1, -0.05) is 34.1 Å². The van der Waals surface area contributed by atoms with Gasteiger partial charge in [-0.25, -0.2) is 26.3 Å². The van der Waals surface area contributed by atoms with Crippen molar-refractivity contribution in [1.29, 1.82) is 0 Å². The number of benzene rings is 4. The van der Waals surface area contributed by atoms with Crippen LogP contribution in [0.4, 0.5) is 26.3 Å². The molecule has 0 aliphatic rings. The summed E-state index contributed by atoms with van der Waals surface area (Å²) in [5, 5.41) is 17.0. The van der Waals surface area contributed by atoms with Crippen LogP contribution in [-0.2, 0) is 0 Å². The molecule has 0 radical (unpaired) electrons. The molecule has 2 nitrogen and oxygen atoms in total. The van der Waals surface area contributed by atoms with E-state index in [0.29, 0.717) is 14.5 Å². The Morgan fingerprint density at radius 2 is 1.19 bits per heavy atom. The summed E-state index contributed by atoms with van der Waals surface area (Å²) in [6, 6.07) is 15.4. The van der Waals surface area contributed by atoms with E-state index in [1.807, 2.05) is 6.07 Å². The second kappa shape index (κ2) is 14.2. The molecule has 0 atom stereocenters. The fourth-order valence-corrected chi connectivity index (χ4v) is 3.56. The summed E-state index contributed by atoms with van der Waals surface area (Å²) in [7, 11) is -1.76. The van der Waals surface area contributed by atoms with E-state index in [1.54, 1.807) is 12.1 Å². The minimum absolute atomic E-state index is 0.0658. The summed E-state index contributed by atoms with van der Waals surface area (Å²) in [4.78, 5) is 0. The molecular weight excluding hydrogens is 732 g/mol. The summed E-state index contributed by atoms with van der Waals surface area (Å²) in [5.74, 6) is -4.71. The van der Waals surface area contributed by atoms with Gasteiger partial charge in [0.05, 0.1) is 4.47 Å². The Morgan fingerprint density at radius 3 is 1.69 bits per heavy atom. The third-order valence-corrected chi connectivity index (χ3v) is 6.09. The van der Waals surface area contributed by atoms with Gasteiger partial charge in [0, 0.05) is 13.6 Å². The second-order valence-electron chi connectivity index (χ2n) is 6.86. The van der Waals surface area contributed by atoms with E-state index in [1.165, 1.54) is 24.3 Å². The van der Waals surface area contributed by atoms with Gasteiger partial charge in [-0.3, -0.25) is 0 Å². The highest BCUT2D eigenvalue weighted by molar-refractivity contribution is 14.1. The fraction of sp³-hybridized carbons (Fsp3) is 0. The summed E-state index contributed by atoms with van der Waals surface area (Å²) < 4.78 is 78.3. The van der Waals surface area contributed by atoms with Gasteiger partial charge in [0.1, 0.15) is 11.6 Å². The van der Waals surface area contributed by atoms with Gasteiger partial charge in [0.25, 0.3) is 0 Å². The van der Waals surface area contributed by atoms with Crippen LogP contribution in [0.25, 0.3) is 11.1 Å². The van der Waals surface area contributed by atoms with E-state index >= 15 is 0 Å². The average Bonchev–Trinajstić information content (AvgIpc) is 2.81. The van der Waals surface area contributed by atoms with Crippen LogP contribution in [0.3, 0.4) is 0 Å². The van der Waals surface area contributed by atoms with Crippen molar-refractivity contribution in [1.82, 2.24) is 0 Å². The Labute approximate surface area is 233 Å². The molecule has 0 bridgehead atoms. The molecule has 0 aliphatic carbocycles. The molecule has 0 unspecified atom stereocenters.